The summed E-state index contributed by atoms with van der Waals surface area (Å²) in [4.78, 5) is 4.15. The second-order valence-corrected chi connectivity index (χ2v) is 3.62. The van der Waals surface area contributed by atoms with Crippen molar-refractivity contribution in [2.24, 2.45) is 10.7 Å². The summed E-state index contributed by atoms with van der Waals surface area (Å²) in [5.41, 5.74) is 8.50. The molecule has 0 bridgehead atoms. The van der Waals surface area contributed by atoms with Crippen LogP contribution in [-0.4, -0.2) is 6.21 Å². The van der Waals surface area contributed by atoms with Gasteiger partial charge in [-0.05, 0) is 38.0 Å². The molecule has 0 atom stereocenters. The van der Waals surface area contributed by atoms with Gasteiger partial charge in [-0.1, -0.05) is 26.0 Å². The number of hydrogen-bond acceptors (Lipinski definition) is 2. The molecule has 1 rings (SSSR count). The van der Waals surface area contributed by atoms with Gasteiger partial charge in [0.15, 0.2) is 0 Å². The monoisotopic (exact) mass is 250 g/mol. The van der Waals surface area contributed by atoms with E-state index in [0.29, 0.717) is 12.1 Å². The van der Waals surface area contributed by atoms with Gasteiger partial charge < -0.3 is 5.73 Å². The van der Waals surface area contributed by atoms with E-state index in [9.17, 15) is 4.39 Å². The number of hydrogen-bond donors (Lipinski definition) is 1. The maximum atomic E-state index is 13.7. The van der Waals surface area contributed by atoms with Gasteiger partial charge in [0.25, 0.3) is 0 Å². The van der Waals surface area contributed by atoms with E-state index in [2.05, 4.69) is 4.99 Å². The summed E-state index contributed by atoms with van der Waals surface area (Å²) in [5, 5.41) is 0. The van der Waals surface area contributed by atoms with Crippen molar-refractivity contribution in [2.75, 3.05) is 0 Å². The predicted molar refractivity (Wildman–Crippen MR) is 78.1 cm³/mol. The summed E-state index contributed by atoms with van der Waals surface area (Å²) in [7, 11) is 0. The zero-order valence-electron chi connectivity index (χ0n) is 11.9. The second kappa shape index (κ2) is 8.59. The fraction of sp³-hybridized carbons (Fsp3) is 0.400. The Kier molecular flexibility index (Phi) is 7.88. The maximum Gasteiger partial charge on any atom is 0.131 e. The van der Waals surface area contributed by atoms with Crippen LogP contribution in [0.1, 0.15) is 45.7 Å². The molecule has 0 aliphatic carbocycles. The Bertz CT molecular complexity index is 434. The number of halogens is 1. The molecule has 0 aliphatic rings. The van der Waals surface area contributed by atoms with Gasteiger partial charge in [-0.2, -0.15) is 0 Å². The Morgan fingerprint density at radius 2 is 1.94 bits per heavy atom. The standard InChI is InChI=1S/C13H17FN2.C2H6/c1-4-16-10(3)9(2)12-6-5-11(8-15)7-13(12)14;1-2/h4-7H,8,15H2,1-3H3;1-2H3/b10-9+,16-4?;. The first-order valence-electron chi connectivity index (χ1n) is 6.25. The van der Waals surface area contributed by atoms with Crippen LogP contribution in [0.5, 0.6) is 0 Å². The van der Waals surface area contributed by atoms with E-state index in [1.807, 2.05) is 40.7 Å². The topological polar surface area (TPSA) is 38.4 Å². The van der Waals surface area contributed by atoms with Gasteiger partial charge in [0, 0.05) is 24.0 Å². The van der Waals surface area contributed by atoms with Gasteiger partial charge in [0.2, 0.25) is 0 Å². The fourth-order valence-electron chi connectivity index (χ4n) is 1.48. The van der Waals surface area contributed by atoms with Crippen LogP contribution in [0.25, 0.3) is 5.57 Å². The first kappa shape index (κ1) is 16.5. The van der Waals surface area contributed by atoms with Crippen molar-refractivity contribution < 1.29 is 4.39 Å². The lowest BCUT2D eigenvalue weighted by atomic mass is 10.0. The molecule has 3 heteroatoms. The summed E-state index contributed by atoms with van der Waals surface area (Å²) in [6.07, 6.45) is 1.70. The number of allylic oxidation sites excluding steroid dienone is 2. The van der Waals surface area contributed by atoms with E-state index in [1.165, 1.54) is 6.07 Å². The van der Waals surface area contributed by atoms with Crippen LogP contribution in [0.15, 0.2) is 28.9 Å². The van der Waals surface area contributed by atoms with Crippen molar-refractivity contribution in [2.45, 2.75) is 41.2 Å². The molecule has 2 nitrogen and oxygen atoms in total. The molecule has 18 heavy (non-hydrogen) atoms. The summed E-state index contributed by atoms with van der Waals surface area (Å²) in [6.45, 7) is 9.92. The first-order valence-corrected chi connectivity index (χ1v) is 6.25. The Morgan fingerprint density at radius 1 is 1.33 bits per heavy atom. The summed E-state index contributed by atoms with van der Waals surface area (Å²) in [5.74, 6) is -0.244. The SMILES string of the molecule is CC.CC=N/C(C)=C(\C)c1ccc(CN)cc1F. The largest absolute Gasteiger partial charge is 0.326 e. The molecule has 0 amide bonds. The summed E-state index contributed by atoms with van der Waals surface area (Å²) < 4.78 is 13.7. The van der Waals surface area contributed by atoms with Gasteiger partial charge in [-0.15, -0.1) is 0 Å². The molecule has 0 spiro atoms. The first-order chi connectivity index (χ1) is 8.60. The van der Waals surface area contributed by atoms with Crippen LogP contribution >= 0.6 is 0 Å². The van der Waals surface area contributed by atoms with E-state index in [4.69, 9.17) is 5.73 Å². The fourth-order valence-corrected chi connectivity index (χ4v) is 1.48. The van der Waals surface area contributed by atoms with Crippen LogP contribution in [0.2, 0.25) is 0 Å². The molecule has 0 fully saturated rings. The minimum Gasteiger partial charge on any atom is -0.326 e. The smallest absolute Gasteiger partial charge is 0.131 e. The lowest BCUT2D eigenvalue weighted by molar-refractivity contribution is 0.621. The third kappa shape index (κ3) is 4.41. The molecule has 1 aromatic rings. The molecule has 100 valence electrons. The van der Waals surface area contributed by atoms with E-state index in [-0.39, 0.29) is 5.82 Å². The highest BCUT2D eigenvalue weighted by molar-refractivity contribution is 5.69. The molecule has 1 aromatic carbocycles. The molecule has 0 aliphatic heterocycles. The van der Waals surface area contributed by atoms with Gasteiger partial charge >= 0.3 is 0 Å². The third-order valence-electron chi connectivity index (χ3n) is 2.54. The van der Waals surface area contributed by atoms with Crippen molar-refractivity contribution in [1.82, 2.24) is 0 Å². The Morgan fingerprint density at radius 3 is 2.39 bits per heavy atom. The lowest BCUT2D eigenvalue weighted by Crippen LogP contribution is -1.98. The molecule has 0 radical (unpaired) electrons. The van der Waals surface area contributed by atoms with Gasteiger partial charge in [0.05, 0.1) is 0 Å². The van der Waals surface area contributed by atoms with Crippen LogP contribution in [-0.2, 0) is 6.54 Å². The Balaban J connectivity index is 0.00000137. The van der Waals surface area contributed by atoms with Crippen LogP contribution in [0.4, 0.5) is 4.39 Å². The number of nitrogens with two attached hydrogens (primary N) is 1. The van der Waals surface area contributed by atoms with Gasteiger partial charge in [0.1, 0.15) is 5.82 Å². The average molecular weight is 250 g/mol. The zero-order chi connectivity index (χ0) is 14.1. The van der Waals surface area contributed by atoms with Crippen LogP contribution in [0.3, 0.4) is 0 Å². The highest BCUT2D eigenvalue weighted by Crippen LogP contribution is 2.22. The van der Waals surface area contributed by atoms with E-state index >= 15 is 0 Å². The predicted octanol–water partition coefficient (Wildman–Crippen LogP) is 4.15. The lowest BCUT2D eigenvalue weighted by Gasteiger charge is -2.07. The van der Waals surface area contributed by atoms with E-state index in [0.717, 1.165) is 16.8 Å². The van der Waals surface area contributed by atoms with Crippen molar-refractivity contribution in [3.05, 3.63) is 40.8 Å². The Hall–Kier alpha value is -1.48. The van der Waals surface area contributed by atoms with Gasteiger partial charge in [-0.3, -0.25) is 4.99 Å². The highest BCUT2D eigenvalue weighted by atomic mass is 19.1. The zero-order valence-corrected chi connectivity index (χ0v) is 11.9. The number of benzene rings is 1. The number of nitrogens with zero attached hydrogens (tertiary/aromatic N) is 1. The second-order valence-electron chi connectivity index (χ2n) is 3.62. The quantitative estimate of drug-likeness (QED) is 0.804. The molecular weight excluding hydrogens is 227 g/mol. The average Bonchev–Trinajstić information content (AvgIpc) is 2.40. The number of aliphatic imine (C=N–C) groups is 1. The molecule has 0 saturated carbocycles. The van der Waals surface area contributed by atoms with E-state index in [1.54, 1.807) is 12.3 Å². The normalized spacial score (nSPS) is 11.9. The van der Waals surface area contributed by atoms with E-state index < -0.39 is 0 Å². The van der Waals surface area contributed by atoms with Crippen molar-refractivity contribution >= 4 is 11.8 Å². The Labute approximate surface area is 109 Å². The number of rotatable bonds is 3. The molecular formula is C15H23FN2. The molecule has 0 saturated heterocycles. The molecule has 0 aromatic heterocycles. The summed E-state index contributed by atoms with van der Waals surface area (Å²) >= 11 is 0. The third-order valence-corrected chi connectivity index (χ3v) is 2.54. The van der Waals surface area contributed by atoms with Crippen molar-refractivity contribution in [3.8, 4) is 0 Å². The maximum absolute atomic E-state index is 13.7. The minimum absolute atomic E-state index is 0.244. The van der Waals surface area contributed by atoms with Crippen molar-refractivity contribution in [3.63, 3.8) is 0 Å². The molecule has 0 heterocycles. The molecule has 2 N–H and O–H groups in total. The van der Waals surface area contributed by atoms with Crippen LogP contribution < -0.4 is 5.73 Å². The van der Waals surface area contributed by atoms with Gasteiger partial charge in [-0.25, -0.2) is 4.39 Å². The molecule has 0 unspecified atom stereocenters. The highest BCUT2D eigenvalue weighted by Gasteiger charge is 2.06. The van der Waals surface area contributed by atoms with Crippen molar-refractivity contribution in [1.29, 1.82) is 0 Å². The van der Waals surface area contributed by atoms with Crippen LogP contribution in [0, 0.1) is 5.82 Å². The minimum atomic E-state index is -0.244. The summed E-state index contributed by atoms with van der Waals surface area (Å²) in [6, 6.07) is 5.06.